The van der Waals surface area contributed by atoms with Gasteiger partial charge in [-0.05, 0) is 55.9 Å². The van der Waals surface area contributed by atoms with E-state index in [1.807, 2.05) is 0 Å². The van der Waals surface area contributed by atoms with Crippen molar-refractivity contribution in [2.75, 3.05) is 5.32 Å². The summed E-state index contributed by atoms with van der Waals surface area (Å²) in [4.78, 5) is 22.9. The third kappa shape index (κ3) is 4.70. The molecule has 112 valence electrons. The molecule has 0 bridgehead atoms. The van der Waals surface area contributed by atoms with Gasteiger partial charge in [0.25, 0.3) is 5.91 Å². The van der Waals surface area contributed by atoms with Crippen molar-refractivity contribution in [2.24, 2.45) is 11.0 Å². The standard InChI is InChI=1S/C16H21N3O2/c1-11-4-3-5-15(10-11)18-19-16(21)13-6-8-14(9-7-13)17-12(2)20/h6-9,11H,3-5,10H2,1-2H3,(H,17,20)(H,19,21)/b18-15-/t11-/m1/s1. The van der Waals surface area contributed by atoms with Gasteiger partial charge in [-0.15, -0.1) is 0 Å². The number of hydrogen-bond donors (Lipinski definition) is 2. The van der Waals surface area contributed by atoms with Crippen molar-refractivity contribution in [1.29, 1.82) is 0 Å². The predicted molar refractivity (Wildman–Crippen MR) is 83.3 cm³/mol. The summed E-state index contributed by atoms with van der Waals surface area (Å²) in [5, 5.41) is 6.89. The van der Waals surface area contributed by atoms with Crippen LogP contribution < -0.4 is 10.7 Å². The van der Waals surface area contributed by atoms with Gasteiger partial charge < -0.3 is 5.32 Å². The summed E-state index contributed by atoms with van der Waals surface area (Å²) >= 11 is 0. The summed E-state index contributed by atoms with van der Waals surface area (Å²) in [6.45, 7) is 3.65. The summed E-state index contributed by atoms with van der Waals surface area (Å²) in [7, 11) is 0. The van der Waals surface area contributed by atoms with Crippen LogP contribution in [0.1, 0.15) is 49.9 Å². The molecule has 0 heterocycles. The summed E-state index contributed by atoms with van der Waals surface area (Å²) in [5.74, 6) is 0.284. The Morgan fingerprint density at radius 1 is 1.24 bits per heavy atom. The lowest BCUT2D eigenvalue weighted by Gasteiger charge is -2.18. The molecule has 21 heavy (non-hydrogen) atoms. The minimum Gasteiger partial charge on any atom is -0.326 e. The van der Waals surface area contributed by atoms with Crippen LogP contribution in [0.25, 0.3) is 0 Å². The fraction of sp³-hybridized carbons (Fsp3) is 0.438. The van der Waals surface area contributed by atoms with E-state index >= 15 is 0 Å². The highest BCUT2D eigenvalue weighted by atomic mass is 16.2. The molecule has 0 aromatic heterocycles. The van der Waals surface area contributed by atoms with Crippen LogP contribution in [-0.4, -0.2) is 17.5 Å². The van der Waals surface area contributed by atoms with Crippen molar-refractivity contribution in [3.63, 3.8) is 0 Å². The molecule has 0 unspecified atom stereocenters. The van der Waals surface area contributed by atoms with Gasteiger partial charge in [-0.3, -0.25) is 9.59 Å². The maximum atomic E-state index is 12.0. The Kier molecular flexibility index (Phi) is 5.09. The number of amides is 2. The molecular formula is C16H21N3O2. The number of hydrogen-bond acceptors (Lipinski definition) is 3. The second-order valence-electron chi connectivity index (χ2n) is 5.58. The average Bonchev–Trinajstić information content (AvgIpc) is 2.45. The van der Waals surface area contributed by atoms with Crippen molar-refractivity contribution in [1.82, 2.24) is 5.43 Å². The number of benzene rings is 1. The lowest BCUT2D eigenvalue weighted by Crippen LogP contribution is -2.22. The van der Waals surface area contributed by atoms with E-state index in [9.17, 15) is 9.59 Å². The molecule has 1 aromatic rings. The van der Waals surface area contributed by atoms with E-state index in [2.05, 4.69) is 22.8 Å². The van der Waals surface area contributed by atoms with E-state index in [1.165, 1.54) is 13.3 Å². The van der Waals surface area contributed by atoms with Crippen molar-refractivity contribution < 1.29 is 9.59 Å². The molecule has 1 atom stereocenters. The van der Waals surface area contributed by atoms with Crippen molar-refractivity contribution in [3.05, 3.63) is 29.8 Å². The first kappa shape index (κ1) is 15.2. The molecular weight excluding hydrogens is 266 g/mol. The van der Waals surface area contributed by atoms with Gasteiger partial charge in [0, 0.05) is 23.9 Å². The van der Waals surface area contributed by atoms with Crippen molar-refractivity contribution >= 4 is 23.2 Å². The van der Waals surface area contributed by atoms with Gasteiger partial charge in [0.15, 0.2) is 0 Å². The van der Waals surface area contributed by atoms with Crippen LogP contribution in [0.5, 0.6) is 0 Å². The van der Waals surface area contributed by atoms with Crippen LogP contribution in [-0.2, 0) is 4.79 Å². The minimum absolute atomic E-state index is 0.134. The average molecular weight is 287 g/mol. The predicted octanol–water partition coefficient (Wildman–Crippen LogP) is 2.94. The molecule has 1 aliphatic rings. The highest BCUT2D eigenvalue weighted by Gasteiger charge is 2.14. The Bertz CT molecular complexity index is 549. The second-order valence-corrected chi connectivity index (χ2v) is 5.58. The first-order valence-electron chi connectivity index (χ1n) is 7.28. The lowest BCUT2D eigenvalue weighted by molar-refractivity contribution is -0.114. The quantitative estimate of drug-likeness (QED) is 0.839. The number of rotatable bonds is 3. The number of anilines is 1. The highest BCUT2D eigenvalue weighted by molar-refractivity contribution is 5.96. The van der Waals surface area contributed by atoms with Gasteiger partial charge >= 0.3 is 0 Å². The van der Waals surface area contributed by atoms with E-state index in [0.717, 1.165) is 25.0 Å². The first-order valence-corrected chi connectivity index (χ1v) is 7.28. The molecule has 0 radical (unpaired) electrons. The summed E-state index contributed by atoms with van der Waals surface area (Å²) in [5.41, 5.74) is 4.88. The van der Waals surface area contributed by atoms with E-state index < -0.39 is 0 Å². The zero-order valence-electron chi connectivity index (χ0n) is 12.5. The van der Waals surface area contributed by atoms with Gasteiger partial charge in [0.2, 0.25) is 5.91 Å². The van der Waals surface area contributed by atoms with Crippen LogP contribution in [0.3, 0.4) is 0 Å². The minimum atomic E-state index is -0.227. The number of hydrazone groups is 1. The smallest absolute Gasteiger partial charge is 0.271 e. The summed E-state index contributed by atoms with van der Waals surface area (Å²) in [6, 6.07) is 6.74. The third-order valence-electron chi connectivity index (χ3n) is 3.53. The Balaban J connectivity index is 1.93. The lowest BCUT2D eigenvalue weighted by atomic mass is 9.89. The fourth-order valence-electron chi connectivity index (χ4n) is 2.47. The summed E-state index contributed by atoms with van der Waals surface area (Å²) in [6.07, 6.45) is 4.30. The SMILES string of the molecule is CC(=O)Nc1ccc(C(=O)N/N=C2/CCC[C@@H](C)C2)cc1. The molecule has 5 heteroatoms. The van der Waals surface area contributed by atoms with Crippen LogP contribution >= 0.6 is 0 Å². The third-order valence-corrected chi connectivity index (χ3v) is 3.53. The Labute approximate surface area is 124 Å². The zero-order chi connectivity index (χ0) is 15.2. The zero-order valence-corrected chi connectivity index (χ0v) is 12.5. The molecule has 1 saturated carbocycles. The normalized spacial score (nSPS) is 20.1. The van der Waals surface area contributed by atoms with Gasteiger partial charge in [0.1, 0.15) is 0 Å². The van der Waals surface area contributed by atoms with E-state index in [1.54, 1.807) is 24.3 Å². The van der Waals surface area contributed by atoms with Crippen molar-refractivity contribution in [3.8, 4) is 0 Å². The van der Waals surface area contributed by atoms with E-state index in [0.29, 0.717) is 17.2 Å². The molecule has 1 fully saturated rings. The Morgan fingerprint density at radius 2 is 1.95 bits per heavy atom. The van der Waals surface area contributed by atoms with Gasteiger partial charge in [-0.25, -0.2) is 5.43 Å². The topological polar surface area (TPSA) is 70.6 Å². The highest BCUT2D eigenvalue weighted by Crippen LogP contribution is 2.21. The van der Waals surface area contributed by atoms with Crippen LogP contribution in [0.15, 0.2) is 29.4 Å². The van der Waals surface area contributed by atoms with Gasteiger partial charge in [-0.1, -0.05) is 6.92 Å². The maximum absolute atomic E-state index is 12.0. The summed E-state index contributed by atoms with van der Waals surface area (Å²) < 4.78 is 0. The molecule has 2 amide bonds. The number of carbonyl (C=O) groups excluding carboxylic acids is 2. The van der Waals surface area contributed by atoms with Crippen LogP contribution in [0.2, 0.25) is 0 Å². The molecule has 1 aromatic carbocycles. The Hall–Kier alpha value is -2.17. The molecule has 2 rings (SSSR count). The van der Waals surface area contributed by atoms with Crippen LogP contribution in [0, 0.1) is 5.92 Å². The van der Waals surface area contributed by atoms with E-state index in [4.69, 9.17) is 0 Å². The van der Waals surface area contributed by atoms with E-state index in [-0.39, 0.29) is 11.8 Å². The largest absolute Gasteiger partial charge is 0.326 e. The first-order chi connectivity index (χ1) is 10.0. The maximum Gasteiger partial charge on any atom is 0.271 e. The fourth-order valence-corrected chi connectivity index (χ4v) is 2.47. The molecule has 0 aliphatic heterocycles. The Morgan fingerprint density at radius 3 is 2.57 bits per heavy atom. The molecule has 0 spiro atoms. The molecule has 0 saturated heterocycles. The number of nitrogens with one attached hydrogen (secondary N) is 2. The van der Waals surface area contributed by atoms with Crippen molar-refractivity contribution in [2.45, 2.75) is 39.5 Å². The monoisotopic (exact) mass is 287 g/mol. The second kappa shape index (κ2) is 7.02. The van der Waals surface area contributed by atoms with Gasteiger partial charge in [-0.2, -0.15) is 5.10 Å². The molecule has 5 nitrogen and oxygen atoms in total. The molecule has 2 N–H and O–H groups in total. The number of nitrogens with zero attached hydrogens (tertiary/aromatic N) is 1. The van der Waals surface area contributed by atoms with Gasteiger partial charge in [0.05, 0.1) is 0 Å². The van der Waals surface area contributed by atoms with Crippen LogP contribution in [0.4, 0.5) is 5.69 Å². The number of carbonyl (C=O) groups is 2. The molecule has 1 aliphatic carbocycles.